The summed E-state index contributed by atoms with van der Waals surface area (Å²) in [5.74, 6) is 2.93. The molecule has 3 aliphatic heterocycles. The predicted octanol–water partition coefficient (Wildman–Crippen LogP) is 3.16. The minimum atomic E-state index is 0.225. The first-order valence-corrected chi connectivity index (χ1v) is 11.2. The third kappa shape index (κ3) is 3.59. The zero-order valence-electron chi connectivity index (χ0n) is 17.4. The average molecular weight is 394 g/mol. The van der Waals surface area contributed by atoms with E-state index in [1.807, 2.05) is 11.0 Å². The van der Waals surface area contributed by atoms with E-state index in [1.54, 1.807) is 0 Å². The van der Waals surface area contributed by atoms with E-state index in [1.165, 1.54) is 24.8 Å². The summed E-state index contributed by atoms with van der Waals surface area (Å²) in [6, 6.07) is 8.57. The Bertz CT molecular complexity index is 891. The summed E-state index contributed by atoms with van der Waals surface area (Å²) >= 11 is 0. The predicted molar refractivity (Wildman–Crippen MR) is 113 cm³/mol. The van der Waals surface area contributed by atoms with Crippen molar-refractivity contribution in [3.8, 4) is 0 Å². The van der Waals surface area contributed by atoms with E-state index in [-0.39, 0.29) is 11.9 Å². The van der Waals surface area contributed by atoms with E-state index >= 15 is 0 Å². The van der Waals surface area contributed by atoms with Crippen LogP contribution in [0.15, 0.2) is 24.3 Å². The van der Waals surface area contributed by atoms with Crippen LogP contribution >= 0.6 is 0 Å². The number of hydrogen-bond donors (Lipinski definition) is 0. The van der Waals surface area contributed by atoms with Crippen molar-refractivity contribution in [2.75, 3.05) is 24.5 Å². The van der Waals surface area contributed by atoms with Crippen LogP contribution in [0.3, 0.4) is 0 Å². The number of amides is 1. The highest BCUT2D eigenvalue weighted by molar-refractivity contribution is 5.97. The van der Waals surface area contributed by atoms with Gasteiger partial charge in [0, 0.05) is 37.2 Å². The van der Waals surface area contributed by atoms with Crippen LogP contribution in [-0.4, -0.2) is 51.2 Å². The van der Waals surface area contributed by atoms with E-state index in [9.17, 15) is 4.79 Å². The molecule has 6 heteroatoms. The van der Waals surface area contributed by atoms with Crippen LogP contribution in [0.1, 0.15) is 62.2 Å². The number of hydrogen-bond acceptors (Lipinski definition) is 4. The molecule has 4 heterocycles. The number of carbonyl (C=O) groups is 1. The second kappa shape index (κ2) is 7.90. The summed E-state index contributed by atoms with van der Waals surface area (Å²) in [4.78, 5) is 17.6. The first-order valence-electron chi connectivity index (χ1n) is 11.2. The number of likely N-dealkylation sites (tertiary alicyclic amines) is 1. The molecule has 3 aliphatic rings. The first kappa shape index (κ1) is 18.8. The molecule has 6 nitrogen and oxygen atoms in total. The van der Waals surface area contributed by atoms with Crippen LogP contribution in [0.5, 0.6) is 0 Å². The van der Waals surface area contributed by atoms with Crippen molar-refractivity contribution < 1.29 is 4.79 Å². The van der Waals surface area contributed by atoms with Gasteiger partial charge in [-0.1, -0.05) is 24.6 Å². The van der Waals surface area contributed by atoms with Gasteiger partial charge in [-0.2, -0.15) is 0 Å². The van der Waals surface area contributed by atoms with Crippen molar-refractivity contribution >= 4 is 11.6 Å². The molecule has 1 fully saturated rings. The van der Waals surface area contributed by atoms with Gasteiger partial charge in [0.2, 0.25) is 5.91 Å². The third-order valence-corrected chi connectivity index (χ3v) is 6.84. The number of piperidine rings is 1. The van der Waals surface area contributed by atoms with Gasteiger partial charge in [-0.05, 0) is 57.2 Å². The molecule has 0 bridgehead atoms. The van der Waals surface area contributed by atoms with Gasteiger partial charge < -0.3 is 9.47 Å². The van der Waals surface area contributed by atoms with E-state index in [0.717, 1.165) is 62.7 Å². The maximum absolute atomic E-state index is 13.2. The lowest BCUT2D eigenvalue weighted by Gasteiger charge is -2.33. The SMILES string of the molecule is C[C@@H]1Cc2ccccc2N1C(=O)CN1CCC[C@H](c2nnc3n2CCCCC3)C1. The Hall–Kier alpha value is -2.21. The Kier molecular flexibility index (Phi) is 5.12. The van der Waals surface area contributed by atoms with Crippen LogP contribution in [0, 0.1) is 0 Å². The Labute approximate surface area is 172 Å². The van der Waals surface area contributed by atoms with Crippen LogP contribution in [-0.2, 0) is 24.2 Å². The molecule has 0 saturated carbocycles. The fourth-order valence-electron chi connectivity index (χ4n) is 5.43. The number of para-hydroxylation sites is 1. The minimum Gasteiger partial charge on any atom is -0.315 e. The molecule has 1 aromatic carbocycles. The van der Waals surface area contributed by atoms with Gasteiger partial charge in [0.15, 0.2) is 0 Å². The fraction of sp³-hybridized carbons (Fsp3) is 0.609. The van der Waals surface area contributed by atoms with Gasteiger partial charge in [0.05, 0.1) is 6.54 Å². The Balaban J connectivity index is 1.28. The lowest BCUT2D eigenvalue weighted by atomic mass is 9.97. The van der Waals surface area contributed by atoms with E-state index in [2.05, 4.69) is 44.8 Å². The molecule has 1 amide bonds. The molecule has 154 valence electrons. The molecule has 2 atom stereocenters. The fourth-order valence-corrected chi connectivity index (χ4v) is 5.43. The second-order valence-electron chi connectivity index (χ2n) is 8.96. The maximum Gasteiger partial charge on any atom is 0.241 e. The normalized spacial score (nSPS) is 24.8. The van der Waals surface area contributed by atoms with Gasteiger partial charge >= 0.3 is 0 Å². The first-order chi connectivity index (χ1) is 14.2. The summed E-state index contributed by atoms with van der Waals surface area (Å²) < 4.78 is 2.38. The molecule has 1 saturated heterocycles. The van der Waals surface area contributed by atoms with Crippen LogP contribution in [0.25, 0.3) is 0 Å². The minimum absolute atomic E-state index is 0.225. The molecule has 0 unspecified atom stereocenters. The second-order valence-corrected chi connectivity index (χ2v) is 8.96. The molecule has 0 N–H and O–H groups in total. The summed E-state index contributed by atoms with van der Waals surface area (Å²) in [7, 11) is 0. The zero-order valence-corrected chi connectivity index (χ0v) is 17.4. The van der Waals surface area contributed by atoms with Crippen molar-refractivity contribution in [1.82, 2.24) is 19.7 Å². The molecular formula is C23H31N5O. The van der Waals surface area contributed by atoms with Crippen molar-refractivity contribution in [2.45, 2.75) is 70.4 Å². The molecule has 2 aromatic rings. The molecule has 29 heavy (non-hydrogen) atoms. The Morgan fingerprint density at radius 2 is 2.00 bits per heavy atom. The number of aromatic nitrogens is 3. The number of nitrogens with zero attached hydrogens (tertiary/aromatic N) is 5. The van der Waals surface area contributed by atoms with E-state index < -0.39 is 0 Å². The Morgan fingerprint density at radius 1 is 1.10 bits per heavy atom. The average Bonchev–Trinajstić information content (AvgIpc) is 3.19. The number of benzene rings is 1. The van der Waals surface area contributed by atoms with Crippen molar-refractivity contribution in [3.05, 3.63) is 41.5 Å². The van der Waals surface area contributed by atoms with Crippen LogP contribution < -0.4 is 4.90 Å². The van der Waals surface area contributed by atoms with E-state index in [0.29, 0.717) is 12.5 Å². The largest absolute Gasteiger partial charge is 0.315 e. The lowest BCUT2D eigenvalue weighted by Crippen LogP contribution is -2.46. The zero-order chi connectivity index (χ0) is 19.8. The van der Waals surface area contributed by atoms with Crippen LogP contribution in [0.4, 0.5) is 5.69 Å². The van der Waals surface area contributed by atoms with Gasteiger partial charge in [0.1, 0.15) is 11.6 Å². The lowest BCUT2D eigenvalue weighted by molar-refractivity contribution is -0.120. The summed E-state index contributed by atoms with van der Waals surface area (Å²) in [5, 5.41) is 9.08. The number of anilines is 1. The summed E-state index contributed by atoms with van der Waals surface area (Å²) in [5.41, 5.74) is 2.39. The van der Waals surface area contributed by atoms with Crippen molar-refractivity contribution in [3.63, 3.8) is 0 Å². The number of fused-ring (bicyclic) bond motifs is 2. The molecule has 0 spiro atoms. The summed E-state index contributed by atoms with van der Waals surface area (Å²) in [6.07, 6.45) is 7.99. The quantitative estimate of drug-likeness (QED) is 0.804. The van der Waals surface area contributed by atoms with Crippen LogP contribution in [0.2, 0.25) is 0 Å². The van der Waals surface area contributed by atoms with Crippen molar-refractivity contribution in [2.24, 2.45) is 0 Å². The molecule has 1 aromatic heterocycles. The highest BCUT2D eigenvalue weighted by Gasteiger charge is 2.33. The topological polar surface area (TPSA) is 54.3 Å². The molecule has 0 aliphatic carbocycles. The standard InChI is InChI=1S/C23H31N5O/c1-17-14-18-8-4-5-10-20(18)28(17)22(29)16-26-12-7-9-19(15-26)23-25-24-21-11-3-2-6-13-27(21)23/h4-5,8,10,17,19H,2-3,6-7,9,11-16H2,1H3/t17-,19+/m1/s1. The van der Waals surface area contributed by atoms with Gasteiger partial charge in [-0.15, -0.1) is 10.2 Å². The van der Waals surface area contributed by atoms with Gasteiger partial charge in [0.25, 0.3) is 0 Å². The summed E-state index contributed by atoms with van der Waals surface area (Å²) in [6.45, 7) is 5.61. The van der Waals surface area contributed by atoms with Gasteiger partial charge in [-0.3, -0.25) is 9.69 Å². The number of carbonyl (C=O) groups excluding carboxylic acids is 1. The molecular weight excluding hydrogens is 362 g/mol. The Morgan fingerprint density at radius 3 is 2.93 bits per heavy atom. The monoisotopic (exact) mass is 393 g/mol. The smallest absolute Gasteiger partial charge is 0.241 e. The number of aryl methyl sites for hydroxylation is 1. The third-order valence-electron chi connectivity index (χ3n) is 6.84. The van der Waals surface area contributed by atoms with Crippen molar-refractivity contribution in [1.29, 1.82) is 0 Å². The maximum atomic E-state index is 13.2. The number of rotatable bonds is 3. The van der Waals surface area contributed by atoms with E-state index in [4.69, 9.17) is 0 Å². The molecule has 0 radical (unpaired) electrons. The highest BCUT2D eigenvalue weighted by Crippen LogP contribution is 2.33. The molecule has 5 rings (SSSR count). The van der Waals surface area contributed by atoms with Gasteiger partial charge in [-0.25, -0.2) is 0 Å². The highest BCUT2D eigenvalue weighted by atomic mass is 16.2.